The molecular formula is C8H14ClNO2. The van der Waals surface area contributed by atoms with Gasteiger partial charge in [-0.15, -0.1) is 11.6 Å². The van der Waals surface area contributed by atoms with Crippen LogP contribution in [0.25, 0.3) is 0 Å². The van der Waals surface area contributed by atoms with Crippen LogP contribution in [0.3, 0.4) is 0 Å². The average Bonchev–Trinajstić information content (AvgIpc) is 2.03. The Morgan fingerprint density at radius 3 is 2.33 bits per heavy atom. The molecule has 0 radical (unpaired) electrons. The molecule has 3 nitrogen and oxygen atoms in total. The summed E-state index contributed by atoms with van der Waals surface area (Å²) < 4.78 is 0. The molecule has 1 atom stereocenters. The van der Waals surface area contributed by atoms with Gasteiger partial charge in [-0.2, -0.15) is 0 Å². The van der Waals surface area contributed by atoms with E-state index in [2.05, 4.69) is 0 Å². The first-order valence-electron chi connectivity index (χ1n) is 3.94. The summed E-state index contributed by atoms with van der Waals surface area (Å²) in [6.45, 7) is 6.20. The Labute approximate surface area is 77.7 Å². The number of nitrogens with zero attached hydrogens (tertiary/aromatic N) is 1. The monoisotopic (exact) mass is 191 g/mol. The van der Waals surface area contributed by atoms with Gasteiger partial charge in [0.15, 0.2) is 5.38 Å². The van der Waals surface area contributed by atoms with Crippen LogP contribution in [0, 0.1) is 0 Å². The third-order valence-corrected chi connectivity index (χ3v) is 1.89. The molecule has 0 aliphatic rings. The van der Waals surface area contributed by atoms with Gasteiger partial charge in [0.2, 0.25) is 5.91 Å². The lowest BCUT2D eigenvalue weighted by atomic mass is 10.3. The number of amides is 1. The fourth-order valence-electron chi connectivity index (χ4n) is 0.992. The van der Waals surface area contributed by atoms with E-state index < -0.39 is 5.38 Å². The number of aldehydes is 1. The standard InChI is InChI=1S/C8H14ClNO2/c1-4-10(6(2)3)8(12)7(9)5-11/h5-7H,4H2,1-3H3. The highest BCUT2D eigenvalue weighted by molar-refractivity contribution is 6.38. The molecule has 0 aliphatic heterocycles. The molecule has 0 aromatic heterocycles. The van der Waals surface area contributed by atoms with E-state index in [0.717, 1.165) is 0 Å². The lowest BCUT2D eigenvalue weighted by molar-refractivity contribution is -0.133. The molecule has 0 saturated carbocycles. The molecule has 1 unspecified atom stereocenters. The molecule has 1 amide bonds. The fraction of sp³-hybridized carbons (Fsp3) is 0.750. The summed E-state index contributed by atoms with van der Waals surface area (Å²) in [7, 11) is 0. The zero-order valence-corrected chi connectivity index (χ0v) is 8.34. The number of carbonyl (C=O) groups is 2. The highest BCUT2D eigenvalue weighted by Crippen LogP contribution is 2.04. The van der Waals surface area contributed by atoms with Gasteiger partial charge in [0.1, 0.15) is 6.29 Å². The van der Waals surface area contributed by atoms with Crippen molar-refractivity contribution in [2.24, 2.45) is 0 Å². The first kappa shape index (κ1) is 11.4. The number of carbonyl (C=O) groups excluding carboxylic acids is 2. The normalized spacial score (nSPS) is 12.8. The Kier molecular flexibility index (Phi) is 4.90. The summed E-state index contributed by atoms with van der Waals surface area (Å²) in [6, 6.07) is 0.0868. The van der Waals surface area contributed by atoms with Crippen LogP contribution in [-0.4, -0.2) is 35.1 Å². The molecular weight excluding hydrogens is 178 g/mol. The van der Waals surface area contributed by atoms with Gasteiger partial charge in [-0.05, 0) is 20.8 Å². The average molecular weight is 192 g/mol. The molecule has 0 aliphatic carbocycles. The quantitative estimate of drug-likeness (QED) is 0.379. The van der Waals surface area contributed by atoms with Crippen LogP contribution >= 0.6 is 11.6 Å². The van der Waals surface area contributed by atoms with Crippen molar-refractivity contribution in [2.45, 2.75) is 32.2 Å². The maximum Gasteiger partial charge on any atom is 0.248 e. The maximum atomic E-state index is 11.3. The lowest BCUT2D eigenvalue weighted by Gasteiger charge is -2.25. The molecule has 0 saturated heterocycles. The van der Waals surface area contributed by atoms with Crippen molar-refractivity contribution in [1.29, 1.82) is 0 Å². The van der Waals surface area contributed by atoms with Crippen LogP contribution in [-0.2, 0) is 9.59 Å². The van der Waals surface area contributed by atoms with E-state index in [9.17, 15) is 9.59 Å². The molecule has 0 rings (SSSR count). The van der Waals surface area contributed by atoms with Crippen molar-refractivity contribution in [1.82, 2.24) is 4.90 Å². The van der Waals surface area contributed by atoms with Gasteiger partial charge in [0.25, 0.3) is 0 Å². The van der Waals surface area contributed by atoms with Crippen LogP contribution in [0.4, 0.5) is 0 Å². The van der Waals surface area contributed by atoms with E-state index in [0.29, 0.717) is 12.8 Å². The number of hydrogen-bond acceptors (Lipinski definition) is 2. The molecule has 70 valence electrons. The van der Waals surface area contributed by atoms with Crippen LogP contribution in [0.2, 0.25) is 0 Å². The first-order chi connectivity index (χ1) is 5.54. The molecule has 0 N–H and O–H groups in total. The largest absolute Gasteiger partial charge is 0.339 e. The third-order valence-electron chi connectivity index (χ3n) is 1.60. The smallest absolute Gasteiger partial charge is 0.248 e. The van der Waals surface area contributed by atoms with Crippen molar-refractivity contribution in [2.75, 3.05) is 6.54 Å². The van der Waals surface area contributed by atoms with Crippen molar-refractivity contribution in [3.8, 4) is 0 Å². The summed E-state index contributed by atoms with van der Waals surface area (Å²) in [5.74, 6) is -0.316. The highest BCUT2D eigenvalue weighted by Gasteiger charge is 2.22. The summed E-state index contributed by atoms with van der Waals surface area (Å²) in [4.78, 5) is 23.1. The van der Waals surface area contributed by atoms with Crippen molar-refractivity contribution < 1.29 is 9.59 Å². The zero-order chi connectivity index (χ0) is 9.72. The maximum absolute atomic E-state index is 11.3. The van der Waals surface area contributed by atoms with E-state index in [4.69, 9.17) is 11.6 Å². The molecule has 0 heterocycles. The Balaban J connectivity index is 4.31. The van der Waals surface area contributed by atoms with Crippen molar-refractivity contribution in [3.05, 3.63) is 0 Å². The number of halogens is 1. The Morgan fingerprint density at radius 1 is 1.58 bits per heavy atom. The van der Waals surface area contributed by atoms with Gasteiger partial charge in [0, 0.05) is 12.6 Å². The molecule has 4 heteroatoms. The molecule has 0 bridgehead atoms. The zero-order valence-electron chi connectivity index (χ0n) is 7.58. The van der Waals surface area contributed by atoms with Crippen LogP contribution in [0.15, 0.2) is 0 Å². The fourth-order valence-corrected chi connectivity index (χ4v) is 1.12. The van der Waals surface area contributed by atoms with Crippen LogP contribution in [0.5, 0.6) is 0 Å². The van der Waals surface area contributed by atoms with E-state index in [1.807, 2.05) is 20.8 Å². The molecule has 0 spiro atoms. The summed E-state index contributed by atoms with van der Waals surface area (Å²) in [6.07, 6.45) is 0.453. The van der Waals surface area contributed by atoms with Crippen LogP contribution < -0.4 is 0 Å². The minimum Gasteiger partial charge on any atom is -0.339 e. The molecule has 0 aromatic carbocycles. The van der Waals surface area contributed by atoms with Gasteiger partial charge in [-0.25, -0.2) is 0 Å². The second-order valence-corrected chi connectivity index (χ2v) is 3.23. The Hall–Kier alpha value is -0.570. The number of alkyl halides is 1. The minimum absolute atomic E-state index is 0.0868. The predicted molar refractivity (Wildman–Crippen MR) is 48.2 cm³/mol. The first-order valence-corrected chi connectivity index (χ1v) is 4.38. The number of hydrogen-bond donors (Lipinski definition) is 0. The van der Waals surface area contributed by atoms with Gasteiger partial charge < -0.3 is 9.69 Å². The highest BCUT2D eigenvalue weighted by atomic mass is 35.5. The summed E-state index contributed by atoms with van der Waals surface area (Å²) in [5, 5.41) is -1.03. The van der Waals surface area contributed by atoms with E-state index in [-0.39, 0.29) is 11.9 Å². The van der Waals surface area contributed by atoms with Gasteiger partial charge in [0.05, 0.1) is 0 Å². The summed E-state index contributed by atoms with van der Waals surface area (Å²) >= 11 is 5.47. The molecule has 0 fully saturated rings. The van der Waals surface area contributed by atoms with Crippen LogP contribution in [0.1, 0.15) is 20.8 Å². The minimum atomic E-state index is -1.03. The van der Waals surface area contributed by atoms with E-state index in [1.165, 1.54) is 0 Å². The van der Waals surface area contributed by atoms with Crippen molar-refractivity contribution in [3.63, 3.8) is 0 Å². The topological polar surface area (TPSA) is 37.4 Å². The molecule has 0 aromatic rings. The Bertz CT molecular complexity index is 170. The third kappa shape index (κ3) is 2.81. The summed E-state index contributed by atoms with van der Waals surface area (Å²) in [5.41, 5.74) is 0. The van der Waals surface area contributed by atoms with Gasteiger partial charge >= 0.3 is 0 Å². The number of rotatable bonds is 4. The predicted octanol–water partition coefficient (Wildman–Crippen LogP) is 1.05. The Morgan fingerprint density at radius 2 is 2.08 bits per heavy atom. The van der Waals surface area contributed by atoms with Gasteiger partial charge in [-0.3, -0.25) is 4.79 Å². The second-order valence-electron chi connectivity index (χ2n) is 2.76. The lowest BCUT2D eigenvalue weighted by Crippen LogP contribution is -2.41. The molecule has 12 heavy (non-hydrogen) atoms. The van der Waals surface area contributed by atoms with E-state index >= 15 is 0 Å². The second kappa shape index (κ2) is 5.14. The van der Waals surface area contributed by atoms with Gasteiger partial charge in [-0.1, -0.05) is 0 Å². The van der Waals surface area contributed by atoms with E-state index in [1.54, 1.807) is 4.90 Å². The SMILES string of the molecule is CCN(C(=O)C(Cl)C=O)C(C)C. The van der Waals surface area contributed by atoms with Crippen molar-refractivity contribution >= 4 is 23.8 Å².